The van der Waals surface area contributed by atoms with Crippen LogP contribution in [0.4, 0.5) is 5.13 Å². The largest absolute Gasteiger partial charge is 0.464 e. The van der Waals surface area contributed by atoms with Crippen molar-refractivity contribution in [3.8, 4) is 0 Å². The van der Waals surface area contributed by atoms with E-state index in [0.717, 1.165) is 18.2 Å². The molecule has 0 radical (unpaired) electrons. The van der Waals surface area contributed by atoms with Crippen LogP contribution in [0.2, 0.25) is 0 Å². The van der Waals surface area contributed by atoms with Gasteiger partial charge in [-0.3, -0.25) is 4.90 Å². The van der Waals surface area contributed by atoms with E-state index in [1.807, 2.05) is 0 Å². The summed E-state index contributed by atoms with van der Waals surface area (Å²) in [6.07, 6.45) is 0. The van der Waals surface area contributed by atoms with Crippen LogP contribution in [0.3, 0.4) is 0 Å². The highest BCUT2D eigenvalue weighted by molar-refractivity contribution is 7.13. The maximum Gasteiger partial charge on any atom is 0.357 e. The van der Waals surface area contributed by atoms with E-state index in [1.54, 1.807) is 5.38 Å². The van der Waals surface area contributed by atoms with Gasteiger partial charge in [-0.15, -0.1) is 11.3 Å². The molecule has 1 aromatic rings. The third-order valence-corrected chi connectivity index (χ3v) is 3.67. The Morgan fingerprint density at radius 3 is 2.58 bits per heavy atom. The van der Waals surface area contributed by atoms with Crippen molar-refractivity contribution in [2.75, 3.05) is 25.5 Å². The standard InChI is InChI=1S/C13H23N3O2S/c1-9(2)16(10(3)4)7-6-14-13-15-11(8-19-13)12(17)18-5/h8-10H,6-7H2,1-5H3,(H,14,15). The Hall–Kier alpha value is -1.14. The average Bonchev–Trinajstić information content (AvgIpc) is 2.81. The quantitative estimate of drug-likeness (QED) is 0.780. The van der Waals surface area contributed by atoms with E-state index in [1.165, 1.54) is 18.4 Å². The van der Waals surface area contributed by atoms with Crippen LogP contribution in [-0.4, -0.2) is 48.1 Å². The second kappa shape index (κ2) is 7.45. The number of nitrogens with one attached hydrogen (secondary N) is 1. The molecule has 0 aliphatic heterocycles. The first-order chi connectivity index (χ1) is 8.95. The van der Waals surface area contributed by atoms with Crippen molar-refractivity contribution in [1.29, 1.82) is 0 Å². The van der Waals surface area contributed by atoms with Gasteiger partial charge in [-0.1, -0.05) is 0 Å². The lowest BCUT2D eigenvalue weighted by Crippen LogP contribution is -2.40. The first kappa shape index (κ1) is 15.9. The van der Waals surface area contributed by atoms with Crippen molar-refractivity contribution in [1.82, 2.24) is 9.88 Å². The summed E-state index contributed by atoms with van der Waals surface area (Å²) >= 11 is 1.42. The third kappa shape index (κ3) is 4.80. The molecule has 0 aliphatic rings. The molecule has 0 spiro atoms. The number of esters is 1. The first-order valence-corrected chi connectivity index (χ1v) is 7.37. The summed E-state index contributed by atoms with van der Waals surface area (Å²) in [5.41, 5.74) is 0.361. The topological polar surface area (TPSA) is 54.5 Å². The second-order valence-electron chi connectivity index (χ2n) is 4.88. The Morgan fingerprint density at radius 2 is 2.05 bits per heavy atom. The second-order valence-corrected chi connectivity index (χ2v) is 5.74. The summed E-state index contributed by atoms with van der Waals surface area (Å²) in [6, 6.07) is 1.03. The van der Waals surface area contributed by atoms with Gasteiger partial charge in [0, 0.05) is 30.6 Å². The molecule has 1 aromatic heterocycles. The van der Waals surface area contributed by atoms with E-state index in [2.05, 4.69) is 47.6 Å². The van der Waals surface area contributed by atoms with Crippen LogP contribution in [0.5, 0.6) is 0 Å². The molecule has 0 fully saturated rings. The fourth-order valence-electron chi connectivity index (χ4n) is 1.96. The molecule has 0 saturated heterocycles. The zero-order valence-corrected chi connectivity index (χ0v) is 13.1. The molecule has 0 atom stereocenters. The van der Waals surface area contributed by atoms with Gasteiger partial charge in [-0.05, 0) is 27.7 Å². The minimum absolute atomic E-state index is 0.361. The third-order valence-electron chi connectivity index (χ3n) is 2.87. The summed E-state index contributed by atoms with van der Waals surface area (Å²) in [4.78, 5) is 17.9. The van der Waals surface area contributed by atoms with Crippen LogP contribution in [0.25, 0.3) is 0 Å². The molecule has 0 aliphatic carbocycles. The van der Waals surface area contributed by atoms with E-state index in [9.17, 15) is 4.79 Å². The van der Waals surface area contributed by atoms with Crippen molar-refractivity contribution in [2.24, 2.45) is 0 Å². The van der Waals surface area contributed by atoms with E-state index in [-0.39, 0.29) is 0 Å². The Bertz CT molecular complexity index is 396. The molecule has 1 rings (SSSR count). The Kier molecular flexibility index (Phi) is 6.24. The van der Waals surface area contributed by atoms with Gasteiger partial charge < -0.3 is 10.1 Å². The number of hydrogen-bond acceptors (Lipinski definition) is 6. The van der Waals surface area contributed by atoms with Gasteiger partial charge >= 0.3 is 5.97 Å². The summed E-state index contributed by atoms with van der Waals surface area (Å²) in [6.45, 7) is 10.5. The molecule has 0 amide bonds. The number of ether oxygens (including phenoxy) is 1. The summed E-state index contributed by atoms with van der Waals surface area (Å²) < 4.78 is 4.62. The molecule has 0 saturated carbocycles. The highest BCUT2D eigenvalue weighted by Crippen LogP contribution is 2.15. The van der Waals surface area contributed by atoms with Gasteiger partial charge in [0.1, 0.15) is 0 Å². The molecule has 5 nitrogen and oxygen atoms in total. The molecule has 1 heterocycles. The minimum atomic E-state index is -0.393. The lowest BCUT2D eigenvalue weighted by molar-refractivity contribution is 0.0595. The van der Waals surface area contributed by atoms with Gasteiger partial charge in [0.05, 0.1) is 7.11 Å². The molecule has 0 aromatic carbocycles. The zero-order valence-electron chi connectivity index (χ0n) is 12.3. The summed E-state index contributed by atoms with van der Waals surface area (Å²) in [5.74, 6) is -0.393. The molecular formula is C13H23N3O2S. The fraction of sp³-hybridized carbons (Fsp3) is 0.692. The predicted octanol–water partition coefficient (Wildman–Crippen LogP) is 2.46. The Balaban J connectivity index is 2.44. The molecule has 1 N–H and O–H groups in total. The number of thiazole rings is 1. The number of methoxy groups -OCH3 is 1. The van der Waals surface area contributed by atoms with Crippen molar-refractivity contribution in [3.63, 3.8) is 0 Å². The van der Waals surface area contributed by atoms with Gasteiger partial charge in [0.2, 0.25) is 0 Å². The highest BCUT2D eigenvalue weighted by Gasteiger charge is 2.13. The fourth-order valence-corrected chi connectivity index (χ4v) is 2.67. The van der Waals surface area contributed by atoms with Crippen LogP contribution in [-0.2, 0) is 4.74 Å². The molecule has 0 unspecified atom stereocenters. The molecule has 0 bridgehead atoms. The van der Waals surface area contributed by atoms with E-state index < -0.39 is 5.97 Å². The van der Waals surface area contributed by atoms with E-state index in [4.69, 9.17) is 0 Å². The minimum Gasteiger partial charge on any atom is -0.464 e. The number of carbonyl (C=O) groups excluding carboxylic acids is 1. The number of anilines is 1. The molecule has 19 heavy (non-hydrogen) atoms. The number of aromatic nitrogens is 1. The van der Waals surface area contributed by atoms with Crippen molar-refractivity contribution >= 4 is 22.4 Å². The van der Waals surface area contributed by atoms with Crippen LogP contribution in [0, 0.1) is 0 Å². The zero-order chi connectivity index (χ0) is 14.4. The number of rotatable bonds is 7. The highest BCUT2D eigenvalue weighted by atomic mass is 32.1. The monoisotopic (exact) mass is 285 g/mol. The molecular weight excluding hydrogens is 262 g/mol. The van der Waals surface area contributed by atoms with Gasteiger partial charge in [0.15, 0.2) is 10.8 Å². The van der Waals surface area contributed by atoms with Crippen LogP contribution < -0.4 is 5.32 Å². The van der Waals surface area contributed by atoms with Crippen LogP contribution in [0.1, 0.15) is 38.2 Å². The van der Waals surface area contributed by atoms with Crippen LogP contribution >= 0.6 is 11.3 Å². The van der Waals surface area contributed by atoms with Gasteiger partial charge in [-0.25, -0.2) is 9.78 Å². The van der Waals surface area contributed by atoms with E-state index in [0.29, 0.717) is 17.8 Å². The number of nitrogens with zero attached hydrogens (tertiary/aromatic N) is 2. The summed E-state index contributed by atoms with van der Waals surface area (Å²) in [7, 11) is 1.36. The van der Waals surface area contributed by atoms with Crippen molar-refractivity contribution < 1.29 is 9.53 Å². The maximum atomic E-state index is 11.3. The first-order valence-electron chi connectivity index (χ1n) is 6.49. The smallest absolute Gasteiger partial charge is 0.357 e. The Labute approximate surface area is 119 Å². The molecule has 6 heteroatoms. The number of hydrogen-bond donors (Lipinski definition) is 1. The van der Waals surface area contributed by atoms with Gasteiger partial charge in [0.25, 0.3) is 0 Å². The van der Waals surface area contributed by atoms with Crippen molar-refractivity contribution in [2.45, 2.75) is 39.8 Å². The van der Waals surface area contributed by atoms with Crippen molar-refractivity contribution in [3.05, 3.63) is 11.1 Å². The molecule has 108 valence electrons. The lowest BCUT2D eigenvalue weighted by Gasteiger charge is -2.30. The lowest BCUT2D eigenvalue weighted by atomic mass is 10.2. The normalized spacial score (nSPS) is 11.4. The van der Waals surface area contributed by atoms with Crippen LogP contribution in [0.15, 0.2) is 5.38 Å². The van der Waals surface area contributed by atoms with E-state index >= 15 is 0 Å². The Morgan fingerprint density at radius 1 is 1.42 bits per heavy atom. The number of carbonyl (C=O) groups is 1. The SMILES string of the molecule is COC(=O)c1csc(NCCN(C(C)C)C(C)C)n1. The average molecular weight is 285 g/mol. The predicted molar refractivity (Wildman–Crippen MR) is 78.9 cm³/mol. The maximum absolute atomic E-state index is 11.3. The summed E-state index contributed by atoms with van der Waals surface area (Å²) in [5, 5.41) is 5.70. The van der Waals surface area contributed by atoms with Gasteiger partial charge in [-0.2, -0.15) is 0 Å².